The molecule has 0 saturated carbocycles. The summed E-state index contributed by atoms with van der Waals surface area (Å²) >= 11 is 0. The Morgan fingerprint density at radius 3 is 2.95 bits per heavy atom. The fourth-order valence-electron chi connectivity index (χ4n) is 2.44. The van der Waals surface area contributed by atoms with Crippen LogP contribution in [0.25, 0.3) is 0 Å². The van der Waals surface area contributed by atoms with Crippen molar-refractivity contribution >= 4 is 17.4 Å². The fourth-order valence-corrected chi connectivity index (χ4v) is 2.44. The molecule has 0 spiro atoms. The Hall–Kier alpha value is -1.62. The van der Waals surface area contributed by atoms with E-state index in [1.165, 1.54) is 6.42 Å². The maximum Gasteiger partial charge on any atom is 0.224 e. The van der Waals surface area contributed by atoms with Gasteiger partial charge in [0.2, 0.25) is 5.91 Å². The van der Waals surface area contributed by atoms with Crippen molar-refractivity contribution in [3.05, 3.63) is 18.3 Å². The summed E-state index contributed by atoms with van der Waals surface area (Å²) in [6.07, 6.45) is 4.44. The topological polar surface area (TPSA) is 57.3 Å². The largest absolute Gasteiger partial charge is 0.373 e. The van der Waals surface area contributed by atoms with Crippen molar-refractivity contribution in [2.45, 2.75) is 19.3 Å². The fraction of sp³-hybridized carbons (Fsp3) is 0.571. The van der Waals surface area contributed by atoms with E-state index in [1.807, 2.05) is 19.2 Å². The highest BCUT2D eigenvalue weighted by molar-refractivity contribution is 5.90. The van der Waals surface area contributed by atoms with Crippen LogP contribution in [0.1, 0.15) is 19.3 Å². The summed E-state index contributed by atoms with van der Waals surface area (Å²) in [5.41, 5.74) is 0.757. The maximum atomic E-state index is 11.8. The highest BCUT2D eigenvalue weighted by atomic mass is 16.1. The van der Waals surface area contributed by atoms with Crippen molar-refractivity contribution in [2.75, 3.05) is 37.8 Å². The number of nitrogens with zero attached hydrogens (tertiary/aromatic N) is 2. The highest BCUT2D eigenvalue weighted by Gasteiger charge is 2.19. The molecule has 2 rings (SSSR count). The molecule has 1 atom stereocenters. The van der Waals surface area contributed by atoms with E-state index < -0.39 is 0 Å². The molecule has 1 unspecified atom stereocenters. The van der Waals surface area contributed by atoms with Crippen molar-refractivity contribution < 1.29 is 4.79 Å². The van der Waals surface area contributed by atoms with Gasteiger partial charge in [-0.25, -0.2) is 4.98 Å². The molecule has 0 aromatic carbocycles. The standard InChI is InChI=1S/C14H22N4O/c1-15-13-5-4-12(9-16-13)17-14(19)6-3-11-7-8-18(2)10-11/h4-5,9,11H,3,6-8,10H2,1-2H3,(H,15,16)(H,17,19). The van der Waals surface area contributed by atoms with Gasteiger partial charge in [-0.15, -0.1) is 0 Å². The SMILES string of the molecule is CNc1ccc(NC(=O)CCC2CCN(C)C2)cn1. The van der Waals surface area contributed by atoms with Gasteiger partial charge < -0.3 is 15.5 Å². The summed E-state index contributed by atoms with van der Waals surface area (Å²) in [6.45, 7) is 2.27. The van der Waals surface area contributed by atoms with Crippen LogP contribution in [0, 0.1) is 5.92 Å². The van der Waals surface area contributed by atoms with Gasteiger partial charge in [0, 0.05) is 20.0 Å². The van der Waals surface area contributed by atoms with Crippen LogP contribution >= 0.6 is 0 Å². The van der Waals surface area contributed by atoms with Gasteiger partial charge >= 0.3 is 0 Å². The van der Waals surface area contributed by atoms with Gasteiger partial charge in [-0.3, -0.25) is 4.79 Å². The van der Waals surface area contributed by atoms with Crippen molar-refractivity contribution in [3.8, 4) is 0 Å². The average molecular weight is 262 g/mol. The first kappa shape index (κ1) is 13.8. The minimum absolute atomic E-state index is 0.0774. The molecule has 5 nitrogen and oxygen atoms in total. The molecule has 1 aliphatic rings. The van der Waals surface area contributed by atoms with Crippen molar-refractivity contribution in [2.24, 2.45) is 5.92 Å². The van der Waals surface area contributed by atoms with E-state index in [0.29, 0.717) is 12.3 Å². The summed E-state index contributed by atoms with van der Waals surface area (Å²) < 4.78 is 0. The lowest BCUT2D eigenvalue weighted by atomic mass is 10.0. The Bertz CT molecular complexity index is 418. The third-order valence-corrected chi connectivity index (χ3v) is 3.57. The molecule has 1 aromatic heterocycles. The highest BCUT2D eigenvalue weighted by Crippen LogP contribution is 2.19. The normalized spacial score (nSPS) is 19.4. The zero-order valence-electron chi connectivity index (χ0n) is 11.6. The lowest BCUT2D eigenvalue weighted by Crippen LogP contribution is -2.16. The van der Waals surface area contributed by atoms with Crippen molar-refractivity contribution in [1.29, 1.82) is 0 Å². The van der Waals surface area contributed by atoms with Crippen LogP contribution in [0.4, 0.5) is 11.5 Å². The molecule has 0 radical (unpaired) electrons. The average Bonchev–Trinajstić information content (AvgIpc) is 2.83. The number of carbonyl (C=O) groups excluding carboxylic acids is 1. The summed E-state index contributed by atoms with van der Waals surface area (Å²) in [7, 11) is 3.95. The number of anilines is 2. The molecular weight excluding hydrogens is 240 g/mol. The third-order valence-electron chi connectivity index (χ3n) is 3.57. The second-order valence-corrected chi connectivity index (χ2v) is 5.19. The number of hydrogen-bond acceptors (Lipinski definition) is 4. The van der Waals surface area contributed by atoms with Crippen LogP contribution in [-0.4, -0.2) is 43.0 Å². The molecule has 1 aromatic rings. The van der Waals surface area contributed by atoms with Crippen LogP contribution in [0.2, 0.25) is 0 Å². The van der Waals surface area contributed by atoms with E-state index in [9.17, 15) is 4.79 Å². The number of aromatic nitrogens is 1. The number of hydrogen-bond donors (Lipinski definition) is 2. The lowest BCUT2D eigenvalue weighted by Gasteiger charge is -2.10. The molecule has 1 aliphatic heterocycles. The second kappa shape index (κ2) is 6.52. The molecule has 2 N–H and O–H groups in total. The first-order chi connectivity index (χ1) is 9.17. The Kier molecular flexibility index (Phi) is 4.74. The molecule has 19 heavy (non-hydrogen) atoms. The molecule has 1 fully saturated rings. The minimum Gasteiger partial charge on any atom is -0.373 e. The van der Waals surface area contributed by atoms with Crippen molar-refractivity contribution in [3.63, 3.8) is 0 Å². The Morgan fingerprint density at radius 1 is 1.53 bits per heavy atom. The van der Waals surface area contributed by atoms with Gasteiger partial charge in [0.25, 0.3) is 0 Å². The Morgan fingerprint density at radius 2 is 2.37 bits per heavy atom. The smallest absolute Gasteiger partial charge is 0.224 e. The zero-order valence-corrected chi connectivity index (χ0v) is 11.6. The first-order valence-electron chi connectivity index (χ1n) is 6.79. The Balaban J connectivity index is 1.74. The quantitative estimate of drug-likeness (QED) is 0.849. The summed E-state index contributed by atoms with van der Waals surface area (Å²) in [5.74, 6) is 1.54. The summed E-state index contributed by atoms with van der Waals surface area (Å²) in [4.78, 5) is 18.3. The van der Waals surface area contributed by atoms with Crippen LogP contribution in [-0.2, 0) is 4.79 Å². The van der Waals surface area contributed by atoms with E-state index in [0.717, 1.165) is 31.0 Å². The van der Waals surface area contributed by atoms with Gasteiger partial charge in [-0.2, -0.15) is 0 Å². The van der Waals surface area contributed by atoms with Crippen LogP contribution < -0.4 is 10.6 Å². The Labute approximate surface area is 114 Å². The van der Waals surface area contributed by atoms with E-state index >= 15 is 0 Å². The predicted octanol–water partition coefficient (Wildman–Crippen LogP) is 1.79. The number of likely N-dealkylation sites (tertiary alicyclic amines) is 1. The molecule has 2 heterocycles. The second-order valence-electron chi connectivity index (χ2n) is 5.19. The van der Waals surface area contributed by atoms with Crippen LogP contribution in [0.15, 0.2) is 18.3 Å². The van der Waals surface area contributed by atoms with E-state index in [4.69, 9.17) is 0 Å². The molecule has 1 amide bonds. The number of rotatable bonds is 5. The van der Waals surface area contributed by atoms with Gasteiger partial charge in [0.15, 0.2) is 0 Å². The number of pyridine rings is 1. The third kappa shape index (κ3) is 4.21. The molecular formula is C14H22N4O. The monoisotopic (exact) mass is 262 g/mol. The van der Waals surface area contributed by atoms with Gasteiger partial charge in [-0.05, 0) is 44.5 Å². The van der Waals surface area contributed by atoms with Crippen LogP contribution in [0.5, 0.6) is 0 Å². The van der Waals surface area contributed by atoms with E-state index in [-0.39, 0.29) is 5.91 Å². The van der Waals surface area contributed by atoms with E-state index in [1.54, 1.807) is 6.20 Å². The zero-order chi connectivity index (χ0) is 13.7. The van der Waals surface area contributed by atoms with E-state index in [2.05, 4.69) is 27.6 Å². The number of amides is 1. The minimum atomic E-state index is 0.0774. The maximum absolute atomic E-state index is 11.8. The molecule has 104 valence electrons. The molecule has 0 bridgehead atoms. The van der Waals surface area contributed by atoms with Gasteiger partial charge in [0.05, 0.1) is 11.9 Å². The first-order valence-corrected chi connectivity index (χ1v) is 6.79. The summed E-state index contributed by atoms with van der Waals surface area (Å²) in [5, 5.41) is 5.83. The predicted molar refractivity (Wildman–Crippen MR) is 77.3 cm³/mol. The van der Waals surface area contributed by atoms with Crippen molar-refractivity contribution in [1.82, 2.24) is 9.88 Å². The molecule has 0 aliphatic carbocycles. The summed E-state index contributed by atoms with van der Waals surface area (Å²) in [6, 6.07) is 3.71. The molecule has 5 heteroatoms. The van der Waals surface area contributed by atoms with Crippen LogP contribution in [0.3, 0.4) is 0 Å². The lowest BCUT2D eigenvalue weighted by molar-refractivity contribution is -0.116. The number of carbonyl (C=O) groups is 1. The van der Waals surface area contributed by atoms with Gasteiger partial charge in [-0.1, -0.05) is 0 Å². The molecule has 1 saturated heterocycles. The number of nitrogens with one attached hydrogen (secondary N) is 2. The van der Waals surface area contributed by atoms with Gasteiger partial charge in [0.1, 0.15) is 5.82 Å².